The van der Waals surface area contributed by atoms with E-state index < -0.39 is 57.7 Å². The number of carbonyl (C=O) groups is 5. The number of hydrogen-bond donors (Lipinski definition) is 3. The van der Waals surface area contributed by atoms with Crippen LogP contribution in [0.5, 0.6) is 11.5 Å². The summed E-state index contributed by atoms with van der Waals surface area (Å²) in [4.78, 5) is 64.2. The Morgan fingerprint density at radius 3 is 2.52 bits per heavy atom. The number of aryl methyl sites for hydroxylation is 2. The SMILES string of the molecule is Cc1ccc(C(CC(=O)O)c2cc(OCCCCCCCCNc3cccc4c3C(=O)N(C3CCC(=O)NC3=O)C4=O)c3c(c2)nnn3C)cc1CN1C[C@@H](C)Oc2ccccc2S1(=O)=O. The molecule has 3 N–H and O–H groups in total. The molecule has 4 amide bonds. The fraction of sp³-hybridized carbons (Fsp3) is 0.396. The van der Waals surface area contributed by atoms with Crippen LogP contribution in [0.3, 0.4) is 0 Å². The van der Waals surface area contributed by atoms with Gasteiger partial charge in [0.15, 0.2) is 0 Å². The van der Waals surface area contributed by atoms with Crippen LogP contribution in [0.4, 0.5) is 5.69 Å². The summed E-state index contributed by atoms with van der Waals surface area (Å²) >= 11 is 0. The number of piperidine rings is 1. The molecule has 0 bridgehead atoms. The Labute approximate surface area is 382 Å². The van der Waals surface area contributed by atoms with E-state index in [1.165, 1.54) is 4.31 Å². The van der Waals surface area contributed by atoms with Gasteiger partial charge in [0.25, 0.3) is 11.8 Å². The number of nitrogens with one attached hydrogen (secondary N) is 2. The van der Waals surface area contributed by atoms with Crippen molar-refractivity contribution in [2.45, 2.75) is 101 Å². The van der Waals surface area contributed by atoms with Gasteiger partial charge in [-0.25, -0.2) is 13.1 Å². The molecule has 1 aromatic heterocycles. The highest BCUT2D eigenvalue weighted by atomic mass is 32.2. The molecule has 346 valence electrons. The molecule has 2 unspecified atom stereocenters. The van der Waals surface area contributed by atoms with Crippen molar-refractivity contribution in [3.05, 3.63) is 106 Å². The van der Waals surface area contributed by atoms with Crippen molar-refractivity contribution in [1.82, 2.24) is 29.5 Å². The van der Waals surface area contributed by atoms with Crippen molar-refractivity contribution in [2.24, 2.45) is 7.05 Å². The summed E-state index contributed by atoms with van der Waals surface area (Å²) in [5.41, 5.74) is 5.29. The van der Waals surface area contributed by atoms with Crippen LogP contribution in [0.2, 0.25) is 0 Å². The molecular weight excluding hydrogens is 867 g/mol. The molecule has 3 aliphatic rings. The molecule has 0 spiro atoms. The summed E-state index contributed by atoms with van der Waals surface area (Å²) in [6.45, 7) is 4.96. The number of hydrogen-bond acceptors (Lipinski definition) is 12. The number of aromatic nitrogens is 3. The number of carbonyl (C=O) groups excluding carboxylic acids is 4. The topological polar surface area (TPSA) is 219 Å². The molecular formula is C48H53N7O10S. The van der Waals surface area contributed by atoms with Crippen LogP contribution in [0.1, 0.15) is 114 Å². The van der Waals surface area contributed by atoms with Crippen molar-refractivity contribution in [2.75, 3.05) is 25.0 Å². The average molecular weight is 920 g/mol. The van der Waals surface area contributed by atoms with Crippen LogP contribution >= 0.6 is 0 Å². The molecule has 0 radical (unpaired) electrons. The van der Waals surface area contributed by atoms with Gasteiger partial charge < -0.3 is 19.9 Å². The number of unbranched alkanes of at least 4 members (excludes halogenated alkanes) is 5. The smallest absolute Gasteiger partial charge is 0.304 e. The summed E-state index contributed by atoms with van der Waals surface area (Å²) in [5, 5.41) is 24.2. The number of carboxylic acid groups (broad SMARTS) is 1. The normalized spacial score (nSPS) is 18.6. The first kappa shape index (κ1) is 45.9. The Morgan fingerprint density at radius 2 is 1.73 bits per heavy atom. The van der Waals surface area contributed by atoms with Crippen LogP contribution in [-0.2, 0) is 38.0 Å². The molecule has 4 aromatic carbocycles. The number of carboxylic acids is 1. The summed E-state index contributed by atoms with van der Waals surface area (Å²) < 4.78 is 43.2. The van der Waals surface area contributed by atoms with Gasteiger partial charge in [0, 0.05) is 38.2 Å². The Morgan fingerprint density at radius 1 is 0.955 bits per heavy atom. The van der Waals surface area contributed by atoms with Crippen LogP contribution in [0.15, 0.2) is 77.7 Å². The molecule has 0 saturated carbocycles. The predicted octanol–water partition coefficient (Wildman–Crippen LogP) is 6.09. The van der Waals surface area contributed by atoms with Gasteiger partial charge in [-0.1, -0.05) is 67.3 Å². The summed E-state index contributed by atoms with van der Waals surface area (Å²) in [6, 6.07) is 20.0. The molecule has 1 saturated heterocycles. The lowest BCUT2D eigenvalue weighted by atomic mass is 9.86. The third kappa shape index (κ3) is 9.51. The van der Waals surface area contributed by atoms with E-state index in [-0.39, 0.29) is 48.4 Å². The van der Waals surface area contributed by atoms with Gasteiger partial charge >= 0.3 is 5.97 Å². The van der Waals surface area contributed by atoms with Crippen LogP contribution in [0, 0.1) is 6.92 Å². The minimum atomic E-state index is -3.90. The van der Waals surface area contributed by atoms with Crippen molar-refractivity contribution < 1.29 is 47.0 Å². The Hall–Kier alpha value is -6.66. The third-order valence-corrected chi connectivity index (χ3v) is 14.3. The lowest BCUT2D eigenvalue weighted by molar-refractivity contribution is -0.138. The van der Waals surface area contributed by atoms with Crippen molar-refractivity contribution in [3.8, 4) is 11.5 Å². The van der Waals surface area contributed by atoms with Gasteiger partial charge in [0.05, 0.1) is 30.7 Å². The van der Waals surface area contributed by atoms with Gasteiger partial charge in [0.1, 0.15) is 39.6 Å². The first-order valence-corrected chi connectivity index (χ1v) is 23.8. The lowest BCUT2D eigenvalue weighted by Crippen LogP contribution is -2.54. The highest BCUT2D eigenvalue weighted by Gasteiger charge is 2.45. The molecule has 1 fully saturated rings. The molecule has 0 aliphatic carbocycles. The number of rotatable bonds is 18. The summed E-state index contributed by atoms with van der Waals surface area (Å²) in [6.07, 6.45) is 4.93. The van der Waals surface area contributed by atoms with Gasteiger partial charge in [-0.3, -0.25) is 34.2 Å². The third-order valence-electron chi connectivity index (χ3n) is 12.5. The Balaban J connectivity index is 0.865. The van der Waals surface area contributed by atoms with Crippen LogP contribution < -0.4 is 20.1 Å². The van der Waals surface area contributed by atoms with Crippen molar-refractivity contribution in [1.29, 1.82) is 0 Å². The van der Waals surface area contributed by atoms with E-state index in [9.17, 15) is 37.5 Å². The fourth-order valence-corrected chi connectivity index (χ4v) is 10.7. The Bertz CT molecular complexity index is 2830. The van der Waals surface area contributed by atoms with E-state index in [1.54, 1.807) is 54.2 Å². The number of para-hydroxylation sites is 1. The summed E-state index contributed by atoms with van der Waals surface area (Å²) in [5.74, 6) is -2.88. The quantitative estimate of drug-likeness (QED) is 0.0671. The average Bonchev–Trinajstić information content (AvgIpc) is 3.75. The second-order valence-corrected chi connectivity index (χ2v) is 19.1. The van der Waals surface area contributed by atoms with E-state index in [2.05, 4.69) is 20.9 Å². The second kappa shape index (κ2) is 19.4. The number of fused-ring (bicyclic) bond motifs is 3. The number of imide groups is 2. The lowest BCUT2D eigenvalue weighted by Gasteiger charge is -2.27. The first-order valence-electron chi connectivity index (χ1n) is 22.3. The van der Waals surface area contributed by atoms with Crippen LogP contribution in [-0.4, -0.2) is 99.2 Å². The highest BCUT2D eigenvalue weighted by Crippen LogP contribution is 2.38. The molecule has 3 atom stereocenters. The maximum absolute atomic E-state index is 13.9. The monoisotopic (exact) mass is 919 g/mol. The van der Waals surface area contributed by atoms with Crippen molar-refractivity contribution in [3.63, 3.8) is 0 Å². The molecule has 66 heavy (non-hydrogen) atoms. The number of aliphatic carboxylic acids is 1. The van der Waals surface area contributed by atoms with E-state index >= 15 is 0 Å². The zero-order valence-electron chi connectivity index (χ0n) is 37.1. The zero-order valence-corrected chi connectivity index (χ0v) is 37.9. The largest absolute Gasteiger partial charge is 0.491 e. The minimum absolute atomic E-state index is 0.0585. The zero-order chi connectivity index (χ0) is 46.7. The number of sulfonamides is 1. The second-order valence-electron chi connectivity index (χ2n) is 17.2. The number of nitrogens with zero attached hydrogens (tertiary/aromatic N) is 5. The van der Waals surface area contributed by atoms with E-state index in [1.807, 2.05) is 44.2 Å². The predicted molar refractivity (Wildman–Crippen MR) is 243 cm³/mol. The Kier molecular flexibility index (Phi) is 13.5. The molecule has 5 aromatic rings. The molecule has 8 rings (SSSR count). The summed E-state index contributed by atoms with van der Waals surface area (Å²) in [7, 11) is -2.12. The van der Waals surface area contributed by atoms with Gasteiger partial charge in [-0.2, -0.15) is 4.31 Å². The maximum Gasteiger partial charge on any atom is 0.304 e. The number of anilines is 1. The van der Waals surface area contributed by atoms with E-state index in [4.69, 9.17) is 9.47 Å². The number of benzene rings is 4. The standard InChI is InChI=1S/C48H53N7O10S/c1-29-17-18-31(23-33(29)28-54-27-30(2)65-39-15-8-9-16-41(39)66(54,62)63)35(26-43(57)58)32-24-37-45(53(3)52-51-37)40(25-32)64-22-11-7-5-4-6-10-21-49-36-14-12-13-34-44(36)48(61)55(47(34)60)38-19-20-42(56)50-46(38)59/h8-9,12-18,23-25,30,35,38,49H,4-7,10-11,19-22,26-28H2,1-3H3,(H,57,58)(H,50,56,59)/t30-,35?,38?/m1/s1. The number of ether oxygens (including phenoxy) is 2. The molecule has 17 nitrogen and oxygen atoms in total. The fourth-order valence-electron chi connectivity index (χ4n) is 9.05. The van der Waals surface area contributed by atoms with Gasteiger partial charge in [0.2, 0.25) is 21.8 Å². The minimum Gasteiger partial charge on any atom is -0.491 e. The van der Waals surface area contributed by atoms with Gasteiger partial charge in [-0.15, -0.1) is 5.10 Å². The molecule has 18 heteroatoms. The van der Waals surface area contributed by atoms with Crippen molar-refractivity contribution >= 4 is 56.3 Å². The maximum atomic E-state index is 13.9. The van der Waals surface area contributed by atoms with E-state index in [0.717, 1.165) is 54.6 Å². The highest BCUT2D eigenvalue weighted by molar-refractivity contribution is 7.89. The van der Waals surface area contributed by atoms with Gasteiger partial charge in [-0.05, 0) is 91.8 Å². The van der Waals surface area contributed by atoms with E-state index in [0.29, 0.717) is 52.5 Å². The first-order chi connectivity index (χ1) is 31.7. The molecule has 4 heterocycles. The molecule has 3 aliphatic heterocycles. The number of amides is 4. The van der Waals surface area contributed by atoms with Crippen LogP contribution in [0.25, 0.3) is 11.0 Å².